The van der Waals surface area contributed by atoms with Crippen molar-refractivity contribution in [2.45, 2.75) is 25.6 Å². The third-order valence-corrected chi connectivity index (χ3v) is 2.69. The first-order valence-electron chi connectivity index (χ1n) is 5.01. The molecule has 0 saturated heterocycles. The zero-order valence-corrected chi connectivity index (χ0v) is 8.00. The standard InChI is InChI=1S/C11H10F2O2/c12-11(13)14-9-4-3-8(5-7-1-2-7)6-10(9)15-11/h3-4,6-7H,1-2,5H2. The Morgan fingerprint density at radius 2 is 1.93 bits per heavy atom. The molecular weight excluding hydrogens is 202 g/mol. The Bertz CT molecular complexity index is 400. The van der Waals surface area contributed by atoms with Gasteiger partial charge in [0, 0.05) is 0 Å². The van der Waals surface area contributed by atoms with E-state index in [9.17, 15) is 8.78 Å². The van der Waals surface area contributed by atoms with Gasteiger partial charge in [-0.25, -0.2) is 0 Å². The van der Waals surface area contributed by atoms with Crippen LogP contribution in [0.5, 0.6) is 11.5 Å². The lowest BCUT2D eigenvalue weighted by molar-refractivity contribution is -0.286. The van der Waals surface area contributed by atoms with Crippen LogP contribution in [0.3, 0.4) is 0 Å². The largest absolute Gasteiger partial charge is 0.586 e. The number of hydrogen-bond acceptors (Lipinski definition) is 2. The van der Waals surface area contributed by atoms with Gasteiger partial charge in [0.15, 0.2) is 11.5 Å². The molecule has 3 rings (SSSR count). The summed E-state index contributed by atoms with van der Waals surface area (Å²) in [7, 11) is 0. The lowest BCUT2D eigenvalue weighted by Gasteiger charge is -2.04. The van der Waals surface area contributed by atoms with Crippen molar-refractivity contribution in [3.05, 3.63) is 23.8 Å². The molecule has 1 heterocycles. The fourth-order valence-electron chi connectivity index (χ4n) is 1.78. The molecule has 0 spiro atoms. The topological polar surface area (TPSA) is 18.5 Å². The molecule has 1 aromatic rings. The van der Waals surface area contributed by atoms with E-state index in [-0.39, 0.29) is 11.5 Å². The maximum absolute atomic E-state index is 12.7. The first kappa shape index (κ1) is 8.95. The summed E-state index contributed by atoms with van der Waals surface area (Å²) in [4.78, 5) is 0. The number of benzene rings is 1. The SMILES string of the molecule is FC1(F)Oc2ccc(CC3CC3)cc2O1. The van der Waals surface area contributed by atoms with Crippen molar-refractivity contribution in [2.24, 2.45) is 5.92 Å². The molecule has 0 amide bonds. The predicted molar refractivity (Wildman–Crippen MR) is 49.1 cm³/mol. The molecule has 0 unspecified atom stereocenters. The third-order valence-electron chi connectivity index (χ3n) is 2.69. The van der Waals surface area contributed by atoms with Crippen LogP contribution in [0.15, 0.2) is 18.2 Å². The zero-order valence-electron chi connectivity index (χ0n) is 8.00. The second kappa shape index (κ2) is 2.84. The van der Waals surface area contributed by atoms with Gasteiger partial charge < -0.3 is 9.47 Å². The molecule has 2 aliphatic rings. The van der Waals surface area contributed by atoms with Gasteiger partial charge in [0.2, 0.25) is 0 Å². The fourth-order valence-corrected chi connectivity index (χ4v) is 1.78. The summed E-state index contributed by atoms with van der Waals surface area (Å²) in [6, 6.07) is 5.02. The Kier molecular flexibility index (Phi) is 1.69. The summed E-state index contributed by atoms with van der Waals surface area (Å²) < 4.78 is 34.1. The summed E-state index contributed by atoms with van der Waals surface area (Å²) in [6.45, 7) is 0. The van der Waals surface area contributed by atoms with E-state index in [0.29, 0.717) is 0 Å². The van der Waals surface area contributed by atoms with Crippen LogP contribution in [-0.2, 0) is 6.42 Å². The second-order valence-corrected chi connectivity index (χ2v) is 4.10. The van der Waals surface area contributed by atoms with Crippen LogP contribution < -0.4 is 9.47 Å². The van der Waals surface area contributed by atoms with E-state index in [1.807, 2.05) is 6.07 Å². The minimum absolute atomic E-state index is 0.125. The first-order valence-corrected chi connectivity index (χ1v) is 5.01. The van der Waals surface area contributed by atoms with Crippen molar-refractivity contribution in [1.82, 2.24) is 0 Å². The Hall–Kier alpha value is -1.32. The lowest BCUT2D eigenvalue weighted by atomic mass is 10.1. The molecule has 0 N–H and O–H groups in total. The molecule has 1 aliphatic carbocycles. The van der Waals surface area contributed by atoms with Gasteiger partial charge >= 0.3 is 6.29 Å². The van der Waals surface area contributed by atoms with Crippen molar-refractivity contribution in [3.8, 4) is 11.5 Å². The van der Waals surface area contributed by atoms with Gasteiger partial charge in [-0.05, 0) is 42.9 Å². The normalized spacial score (nSPS) is 21.7. The van der Waals surface area contributed by atoms with E-state index >= 15 is 0 Å². The highest BCUT2D eigenvalue weighted by molar-refractivity contribution is 5.45. The van der Waals surface area contributed by atoms with Gasteiger partial charge in [-0.2, -0.15) is 0 Å². The average Bonchev–Trinajstić information content (AvgIpc) is 2.87. The quantitative estimate of drug-likeness (QED) is 0.750. The number of ether oxygens (including phenoxy) is 2. The molecule has 0 atom stereocenters. The summed E-state index contributed by atoms with van der Waals surface area (Å²) in [5.74, 6) is 1.00. The Morgan fingerprint density at radius 3 is 2.67 bits per heavy atom. The van der Waals surface area contributed by atoms with Gasteiger partial charge in [0.1, 0.15) is 0 Å². The highest BCUT2D eigenvalue weighted by Crippen LogP contribution is 2.42. The summed E-state index contributed by atoms with van der Waals surface area (Å²) in [6.07, 6.45) is -0.0715. The van der Waals surface area contributed by atoms with E-state index in [1.165, 1.54) is 12.8 Å². The zero-order chi connectivity index (χ0) is 10.5. The monoisotopic (exact) mass is 212 g/mol. The Balaban J connectivity index is 1.85. The molecule has 0 bridgehead atoms. The van der Waals surface area contributed by atoms with E-state index < -0.39 is 6.29 Å². The molecule has 1 saturated carbocycles. The first-order chi connectivity index (χ1) is 7.12. The number of rotatable bonds is 2. The Labute approximate surface area is 85.8 Å². The highest BCUT2D eigenvalue weighted by Gasteiger charge is 2.43. The summed E-state index contributed by atoms with van der Waals surface area (Å²) in [5.41, 5.74) is 1.04. The van der Waals surface area contributed by atoms with E-state index in [0.717, 1.165) is 17.9 Å². The minimum Gasteiger partial charge on any atom is -0.395 e. The van der Waals surface area contributed by atoms with E-state index in [4.69, 9.17) is 0 Å². The number of hydrogen-bond donors (Lipinski definition) is 0. The second-order valence-electron chi connectivity index (χ2n) is 4.10. The van der Waals surface area contributed by atoms with E-state index in [1.54, 1.807) is 12.1 Å². The van der Waals surface area contributed by atoms with Crippen LogP contribution in [0, 0.1) is 5.92 Å². The molecule has 1 fully saturated rings. The van der Waals surface area contributed by atoms with Crippen LogP contribution in [0.4, 0.5) is 8.78 Å². The Morgan fingerprint density at radius 1 is 1.20 bits per heavy atom. The van der Waals surface area contributed by atoms with Gasteiger partial charge in [-0.3, -0.25) is 0 Å². The van der Waals surface area contributed by atoms with Crippen LogP contribution in [0.1, 0.15) is 18.4 Å². The van der Waals surface area contributed by atoms with Crippen molar-refractivity contribution in [2.75, 3.05) is 0 Å². The minimum atomic E-state index is -3.50. The molecule has 4 heteroatoms. The molecule has 80 valence electrons. The number of fused-ring (bicyclic) bond motifs is 1. The number of halogens is 2. The molecule has 0 aromatic heterocycles. The maximum Gasteiger partial charge on any atom is 0.586 e. The maximum atomic E-state index is 12.7. The van der Waals surface area contributed by atoms with Gasteiger partial charge in [0.05, 0.1) is 0 Å². The fraction of sp³-hybridized carbons (Fsp3) is 0.455. The molecule has 0 radical (unpaired) electrons. The van der Waals surface area contributed by atoms with Crippen molar-refractivity contribution in [1.29, 1.82) is 0 Å². The molecule has 2 nitrogen and oxygen atoms in total. The summed E-state index contributed by atoms with van der Waals surface area (Å²) >= 11 is 0. The third kappa shape index (κ3) is 1.76. The van der Waals surface area contributed by atoms with E-state index in [2.05, 4.69) is 9.47 Å². The lowest BCUT2D eigenvalue weighted by Crippen LogP contribution is -2.25. The summed E-state index contributed by atoms with van der Waals surface area (Å²) in [5, 5.41) is 0. The van der Waals surface area contributed by atoms with Crippen LogP contribution in [0.25, 0.3) is 0 Å². The van der Waals surface area contributed by atoms with Crippen molar-refractivity contribution < 1.29 is 18.3 Å². The van der Waals surface area contributed by atoms with Gasteiger partial charge in [0.25, 0.3) is 0 Å². The molecule has 1 aliphatic heterocycles. The van der Waals surface area contributed by atoms with Crippen molar-refractivity contribution >= 4 is 0 Å². The molecular formula is C11H10F2O2. The number of alkyl halides is 2. The average molecular weight is 212 g/mol. The van der Waals surface area contributed by atoms with Gasteiger partial charge in [-0.15, -0.1) is 8.78 Å². The molecule has 15 heavy (non-hydrogen) atoms. The van der Waals surface area contributed by atoms with Crippen molar-refractivity contribution in [3.63, 3.8) is 0 Å². The van der Waals surface area contributed by atoms with Crippen LogP contribution >= 0.6 is 0 Å². The smallest absolute Gasteiger partial charge is 0.395 e. The van der Waals surface area contributed by atoms with Crippen LogP contribution in [0.2, 0.25) is 0 Å². The molecule has 1 aromatic carbocycles. The predicted octanol–water partition coefficient (Wildman–Crippen LogP) is 2.96. The van der Waals surface area contributed by atoms with Crippen LogP contribution in [-0.4, -0.2) is 6.29 Å². The van der Waals surface area contributed by atoms with Gasteiger partial charge in [-0.1, -0.05) is 6.07 Å². The highest BCUT2D eigenvalue weighted by atomic mass is 19.3.